The summed E-state index contributed by atoms with van der Waals surface area (Å²) >= 11 is 3.38. The molecular formula is C13H16BrNO2. The minimum absolute atomic E-state index is 0.0688. The average molecular weight is 298 g/mol. The van der Waals surface area contributed by atoms with Gasteiger partial charge in [-0.15, -0.1) is 0 Å². The van der Waals surface area contributed by atoms with Gasteiger partial charge >= 0.3 is 0 Å². The fourth-order valence-corrected chi connectivity index (χ4v) is 2.29. The summed E-state index contributed by atoms with van der Waals surface area (Å²) in [6.45, 7) is 2.77. The number of benzene rings is 1. The molecule has 1 aliphatic rings. The first-order chi connectivity index (χ1) is 8.17. The number of amides is 1. The number of carbonyl (C=O) groups excluding carboxylic acids is 1. The van der Waals surface area contributed by atoms with E-state index >= 15 is 0 Å². The third-order valence-electron chi connectivity index (χ3n) is 2.98. The van der Waals surface area contributed by atoms with Gasteiger partial charge in [0, 0.05) is 17.1 Å². The molecule has 1 amide bonds. The zero-order chi connectivity index (χ0) is 12.4. The van der Waals surface area contributed by atoms with Gasteiger partial charge < -0.3 is 9.64 Å². The van der Waals surface area contributed by atoms with Crippen molar-refractivity contribution in [2.24, 2.45) is 0 Å². The van der Waals surface area contributed by atoms with Gasteiger partial charge in [-0.2, -0.15) is 0 Å². The summed E-state index contributed by atoms with van der Waals surface area (Å²) in [5.41, 5.74) is 0.643. The molecule has 0 bridgehead atoms. The van der Waals surface area contributed by atoms with Crippen LogP contribution < -0.4 is 4.74 Å². The Kier molecular flexibility index (Phi) is 3.72. The molecule has 0 saturated heterocycles. The van der Waals surface area contributed by atoms with Crippen LogP contribution in [0.25, 0.3) is 0 Å². The lowest BCUT2D eigenvalue weighted by atomic mass is 10.1. The van der Waals surface area contributed by atoms with E-state index in [0.29, 0.717) is 17.4 Å². The number of rotatable bonds is 4. The molecule has 0 N–H and O–H groups in total. The zero-order valence-electron chi connectivity index (χ0n) is 10.1. The maximum Gasteiger partial charge on any atom is 0.257 e. The van der Waals surface area contributed by atoms with Gasteiger partial charge in [0.15, 0.2) is 0 Å². The van der Waals surface area contributed by atoms with Gasteiger partial charge in [0.25, 0.3) is 5.91 Å². The minimum Gasteiger partial charge on any atom is -0.496 e. The SMILES string of the molecule is CCN(C(=O)c1ccc(Br)cc1OC)C1CC1. The molecule has 92 valence electrons. The number of hydrogen-bond acceptors (Lipinski definition) is 2. The Morgan fingerprint density at radius 1 is 1.53 bits per heavy atom. The predicted molar refractivity (Wildman–Crippen MR) is 70.4 cm³/mol. The number of methoxy groups -OCH3 is 1. The Balaban J connectivity index is 2.28. The molecule has 1 saturated carbocycles. The predicted octanol–water partition coefficient (Wildman–Crippen LogP) is 3.08. The van der Waals surface area contributed by atoms with Crippen molar-refractivity contribution in [2.75, 3.05) is 13.7 Å². The van der Waals surface area contributed by atoms with Gasteiger partial charge in [-0.25, -0.2) is 0 Å². The Morgan fingerprint density at radius 2 is 2.24 bits per heavy atom. The van der Waals surface area contributed by atoms with Crippen LogP contribution in [0.4, 0.5) is 0 Å². The first kappa shape index (κ1) is 12.4. The second-order valence-corrected chi connectivity index (χ2v) is 5.08. The highest BCUT2D eigenvalue weighted by Crippen LogP contribution is 2.31. The summed E-state index contributed by atoms with van der Waals surface area (Å²) in [7, 11) is 1.59. The third kappa shape index (κ3) is 2.63. The van der Waals surface area contributed by atoms with Gasteiger partial charge in [-0.1, -0.05) is 15.9 Å². The van der Waals surface area contributed by atoms with E-state index in [1.54, 1.807) is 7.11 Å². The van der Waals surface area contributed by atoms with Crippen LogP contribution in [-0.4, -0.2) is 30.5 Å². The van der Waals surface area contributed by atoms with Gasteiger partial charge in [0.2, 0.25) is 0 Å². The molecule has 17 heavy (non-hydrogen) atoms. The molecule has 3 nitrogen and oxygen atoms in total. The van der Waals surface area contributed by atoms with Crippen LogP contribution in [0.2, 0.25) is 0 Å². The molecule has 0 radical (unpaired) electrons. The van der Waals surface area contributed by atoms with Crippen LogP contribution in [0, 0.1) is 0 Å². The molecule has 0 spiro atoms. The highest BCUT2D eigenvalue weighted by atomic mass is 79.9. The van der Waals surface area contributed by atoms with E-state index in [1.807, 2.05) is 30.0 Å². The molecule has 1 aromatic rings. The molecule has 4 heteroatoms. The van der Waals surface area contributed by atoms with Crippen molar-refractivity contribution in [3.8, 4) is 5.75 Å². The molecule has 1 aliphatic carbocycles. The Morgan fingerprint density at radius 3 is 2.76 bits per heavy atom. The summed E-state index contributed by atoms with van der Waals surface area (Å²) in [6.07, 6.45) is 2.25. The van der Waals surface area contributed by atoms with Crippen LogP contribution in [0.3, 0.4) is 0 Å². The van der Waals surface area contributed by atoms with Crippen LogP contribution in [0.5, 0.6) is 5.75 Å². The first-order valence-electron chi connectivity index (χ1n) is 5.82. The maximum absolute atomic E-state index is 12.4. The third-order valence-corrected chi connectivity index (χ3v) is 3.48. The molecule has 0 aromatic heterocycles. The van der Waals surface area contributed by atoms with Gasteiger partial charge in [0.05, 0.1) is 12.7 Å². The fourth-order valence-electron chi connectivity index (χ4n) is 1.95. The van der Waals surface area contributed by atoms with Crippen molar-refractivity contribution in [3.63, 3.8) is 0 Å². The monoisotopic (exact) mass is 297 g/mol. The van der Waals surface area contributed by atoms with Gasteiger partial charge in [-0.05, 0) is 38.0 Å². The van der Waals surface area contributed by atoms with Crippen molar-refractivity contribution >= 4 is 21.8 Å². The summed E-state index contributed by atoms with van der Waals surface area (Å²) in [6, 6.07) is 5.95. The highest BCUT2D eigenvalue weighted by Gasteiger charge is 2.32. The largest absolute Gasteiger partial charge is 0.496 e. The second kappa shape index (κ2) is 5.08. The van der Waals surface area contributed by atoms with Crippen molar-refractivity contribution in [1.29, 1.82) is 0 Å². The molecule has 2 rings (SSSR count). The van der Waals surface area contributed by atoms with Crippen LogP contribution in [0.1, 0.15) is 30.1 Å². The molecule has 0 unspecified atom stereocenters. The van der Waals surface area contributed by atoms with Gasteiger partial charge in [-0.3, -0.25) is 4.79 Å². The van der Waals surface area contributed by atoms with E-state index in [2.05, 4.69) is 15.9 Å². The van der Waals surface area contributed by atoms with E-state index < -0.39 is 0 Å². The molecule has 1 aromatic carbocycles. The zero-order valence-corrected chi connectivity index (χ0v) is 11.7. The van der Waals surface area contributed by atoms with Crippen LogP contribution in [-0.2, 0) is 0 Å². The Bertz CT molecular complexity index is 429. The number of ether oxygens (including phenoxy) is 1. The molecule has 0 aliphatic heterocycles. The highest BCUT2D eigenvalue weighted by molar-refractivity contribution is 9.10. The van der Waals surface area contributed by atoms with Crippen LogP contribution in [0.15, 0.2) is 22.7 Å². The van der Waals surface area contributed by atoms with Crippen molar-refractivity contribution in [2.45, 2.75) is 25.8 Å². The normalized spacial score (nSPS) is 14.5. The topological polar surface area (TPSA) is 29.5 Å². The molecule has 1 fully saturated rings. The van der Waals surface area contributed by atoms with E-state index in [4.69, 9.17) is 4.74 Å². The van der Waals surface area contributed by atoms with E-state index in [-0.39, 0.29) is 5.91 Å². The molecule has 0 heterocycles. The number of hydrogen-bond donors (Lipinski definition) is 0. The number of halogens is 1. The van der Waals surface area contributed by atoms with Crippen LogP contribution >= 0.6 is 15.9 Å². The molecule has 0 atom stereocenters. The van der Waals surface area contributed by atoms with Gasteiger partial charge in [0.1, 0.15) is 5.75 Å². The standard InChI is InChI=1S/C13H16BrNO2/c1-3-15(10-5-6-10)13(16)11-7-4-9(14)8-12(11)17-2/h4,7-8,10H,3,5-6H2,1-2H3. The van der Waals surface area contributed by atoms with E-state index in [1.165, 1.54) is 0 Å². The van der Waals surface area contributed by atoms with E-state index in [9.17, 15) is 4.79 Å². The lowest BCUT2D eigenvalue weighted by molar-refractivity contribution is 0.0749. The summed E-state index contributed by atoms with van der Waals surface area (Å²) in [4.78, 5) is 14.3. The fraction of sp³-hybridized carbons (Fsp3) is 0.462. The van der Waals surface area contributed by atoms with Crippen molar-refractivity contribution in [3.05, 3.63) is 28.2 Å². The lowest BCUT2D eigenvalue weighted by Gasteiger charge is -2.21. The van der Waals surface area contributed by atoms with E-state index in [0.717, 1.165) is 23.9 Å². The Labute approximate surface area is 110 Å². The maximum atomic E-state index is 12.4. The average Bonchev–Trinajstić information content (AvgIpc) is 3.14. The smallest absolute Gasteiger partial charge is 0.257 e. The second-order valence-electron chi connectivity index (χ2n) is 4.17. The first-order valence-corrected chi connectivity index (χ1v) is 6.61. The minimum atomic E-state index is 0.0688. The van der Waals surface area contributed by atoms with Crippen molar-refractivity contribution in [1.82, 2.24) is 4.90 Å². The lowest BCUT2D eigenvalue weighted by Crippen LogP contribution is -2.33. The Hall–Kier alpha value is -1.03. The summed E-state index contributed by atoms with van der Waals surface area (Å²) in [5, 5.41) is 0. The number of nitrogens with zero attached hydrogens (tertiary/aromatic N) is 1. The number of carbonyl (C=O) groups is 1. The molecular weight excluding hydrogens is 282 g/mol. The summed E-state index contributed by atoms with van der Waals surface area (Å²) in [5.74, 6) is 0.697. The summed E-state index contributed by atoms with van der Waals surface area (Å²) < 4.78 is 6.18. The quantitative estimate of drug-likeness (QED) is 0.855. The van der Waals surface area contributed by atoms with Crippen molar-refractivity contribution < 1.29 is 9.53 Å².